The summed E-state index contributed by atoms with van der Waals surface area (Å²) in [6.07, 6.45) is -3.92. The molecule has 35 heavy (non-hydrogen) atoms. The molecule has 2 aromatic heterocycles. The second kappa shape index (κ2) is 9.50. The SMILES string of the molecule is CC1(C)C(=O)NC(=O)N1CCNc1ncc(C(F)(F)F)c(-c2cc3cc(OCCCl)ccc3s2)n1. The van der Waals surface area contributed by atoms with Gasteiger partial charge in [-0.05, 0) is 43.5 Å². The first-order valence-corrected chi connectivity index (χ1v) is 11.9. The first-order valence-electron chi connectivity index (χ1n) is 10.5. The van der Waals surface area contributed by atoms with E-state index >= 15 is 0 Å². The predicted molar refractivity (Wildman–Crippen MR) is 127 cm³/mol. The van der Waals surface area contributed by atoms with Crippen LogP contribution in [0.15, 0.2) is 30.5 Å². The van der Waals surface area contributed by atoms with Crippen LogP contribution in [-0.2, 0) is 11.0 Å². The average molecular weight is 528 g/mol. The van der Waals surface area contributed by atoms with Crippen molar-refractivity contribution in [3.63, 3.8) is 0 Å². The largest absolute Gasteiger partial charge is 0.492 e. The van der Waals surface area contributed by atoms with Crippen molar-refractivity contribution in [3.8, 4) is 16.3 Å². The fourth-order valence-electron chi connectivity index (χ4n) is 3.60. The maximum atomic E-state index is 13.7. The summed E-state index contributed by atoms with van der Waals surface area (Å²) in [5, 5.41) is 5.80. The molecule has 3 aromatic rings. The number of amides is 3. The van der Waals surface area contributed by atoms with Gasteiger partial charge in [0.05, 0.1) is 16.5 Å². The number of halogens is 4. The van der Waals surface area contributed by atoms with Crippen LogP contribution >= 0.6 is 22.9 Å². The maximum Gasteiger partial charge on any atom is 0.420 e. The van der Waals surface area contributed by atoms with Crippen LogP contribution in [0.4, 0.5) is 23.9 Å². The highest BCUT2D eigenvalue weighted by atomic mass is 35.5. The number of imide groups is 1. The van der Waals surface area contributed by atoms with Gasteiger partial charge >= 0.3 is 12.2 Å². The van der Waals surface area contributed by atoms with E-state index in [2.05, 4.69) is 20.6 Å². The lowest BCUT2D eigenvalue weighted by molar-refractivity contribution is -0.137. The molecule has 0 radical (unpaired) electrons. The van der Waals surface area contributed by atoms with Gasteiger partial charge < -0.3 is 15.0 Å². The fraction of sp³-hybridized carbons (Fsp3) is 0.364. The second-order valence-corrected chi connectivity index (χ2v) is 9.66. The van der Waals surface area contributed by atoms with Crippen LogP contribution in [0.25, 0.3) is 20.7 Å². The highest BCUT2D eigenvalue weighted by Gasteiger charge is 2.45. The van der Waals surface area contributed by atoms with E-state index in [1.807, 2.05) is 0 Å². The lowest BCUT2D eigenvalue weighted by Gasteiger charge is -2.27. The van der Waals surface area contributed by atoms with Gasteiger partial charge in [-0.25, -0.2) is 14.8 Å². The minimum Gasteiger partial charge on any atom is -0.492 e. The number of urea groups is 1. The Hall–Kier alpha value is -3.12. The van der Waals surface area contributed by atoms with E-state index in [4.69, 9.17) is 16.3 Å². The van der Waals surface area contributed by atoms with Crippen molar-refractivity contribution in [1.29, 1.82) is 0 Å². The van der Waals surface area contributed by atoms with Crippen molar-refractivity contribution >= 4 is 50.9 Å². The minimum absolute atomic E-state index is 0.0275. The second-order valence-electron chi connectivity index (χ2n) is 8.20. The Kier molecular flexibility index (Phi) is 6.78. The van der Waals surface area contributed by atoms with Crippen molar-refractivity contribution in [2.24, 2.45) is 0 Å². The van der Waals surface area contributed by atoms with Crippen LogP contribution in [0.5, 0.6) is 5.75 Å². The number of hydrogen-bond donors (Lipinski definition) is 2. The fourth-order valence-corrected chi connectivity index (χ4v) is 4.73. The Morgan fingerprint density at radius 1 is 1.26 bits per heavy atom. The van der Waals surface area contributed by atoms with E-state index < -0.39 is 29.2 Å². The lowest BCUT2D eigenvalue weighted by Crippen LogP contribution is -2.46. The number of nitrogens with zero attached hydrogens (tertiary/aromatic N) is 3. The summed E-state index contributed by atoms with van der Waals surface area (Å²) in [5.74, 6) is 0.433. The molecule has 1 aromatic carbocycles. The maximum absolute atomic E-state index is 13.7. The van der Waals surface area contributed by atoms with Crippen molar-refractivity contribution in [1.82, 2.24) is 20.2 Å². The summed E-state index contributed by atoms with van der Waals surface area (Å²) < 4.78 is 47.5. The van der Waals surface area contributed by atoms with E-state index in [0.717, 1.165) is 10.9 Å². The van der Waals surface area contributed by atoms with Crippen LogP contribution in [0.2, 0.25) is 0 Å². The van der Waals surface area contributed by atoms with E-state index in [1.165, 1.54) is 16.2 Å². The molecular formula is C22H21ClF3N5O3S. The number of carbonyl (C=O) groups is 2. The lowest BCUT2D eigenvalue weighted by atomic mass is 10.0. The van der Waals surface area contributed by atoms with Gasteiger partial charge in [0.2, 0.25) is 5.95 Å². The number of alkyl halides is 4. The molecule has 13 heteroatoms. The van der Waals surface area contributed by atoms with Crippen LogP contribution in [0.1, 0.15) is 19.4 Å². The summed E-state index contributed by atoms with van der Waals surface area (Å²) >= 11 is 6.81. The number of fused-ring (bicyclic) bond motifs is 1. The Morgan fingerprint density at radius 3 is 2.69 bits per heavy atom. The summed E-state index contributed by atoms with van der Waals surface area (Å²) in [6, 6.07) is 6.32. The molecule has 0 bridgehead atoms. The number of anilines is 1. The first-order chi connectivity index (χ1) is 16.5. The van der Waals surface area contributed by atoms with Crippen LogP contribution < -0.4 is 15.4 Å². The number of ether oxygens (including phenoxy) is 1. The molecule has 0 saturated carbocycles. The number of benzene rings is 1. The Balaban J connectivity index is 1.59. The third kappa shape index (κ3) is 5.13. The van der Waals surface area contributed by atoms with Crippen molar-refractivity contribution in [3.05, 3.63) is 36.0 Å². The van der Waals surface area contributed by atoms with Crippen LogP contribution in [0, 0.1) is 0 Å². The average Bonchev–Trinajstić information content (AvgIpc) is 3.30. The number of rotatable bonds is 8. The zero-order chi connectivity index (χ0) is 25.4. The molecule has 1 saturated heterocycles. The highest BCUT2D eigenvalue weighted by Crippen LogP contribution is 2.41. The molecule has 0 atom stereocenters. The Labute approximate surface area is 207 Å². The number of hydrogen-bond acceptors (Lipinski definition) is 7. The van der Waals surface area contributed by atoms with Crippen LogP contribution in [-0.4, -0.2) is 57.9 Å². The van der Waals surface area contributed by atoms with Gasteiger partial charge in [-0.3, -0.25) is 10.1 Å². The standard InChI is InChI=1S/C22H21ClF3N5O3S/c1-21(2)18(32)30-20(33)31(21)7-6-27-19-28-11-14(22(24,25)26)17(29-19)16-10-12-9-13(34-8-5-23)3-4-15(12)35-16/h3-4,9-11H,5-8H2,1-2H3,(H,27,28,29)(H,30,32,33). The normalized spacial score (nSPS) is 15.5. The molecule has 4 rings (SSSR count). The van der Waals surface area contributed by atoms with E-state index in [1.54, 1.807) is 38.1 Å². The highest BCUT2D eigenvalue weighted by molar-refractivity contribution is 7.22. The van der Waals surface area contributed by atoms with Gasteiger partial charge in [-0.15, -0.1) is 22.9 Å². The Morgan fingerprint density at radius 2 is 2.03 bits per heavy atom. The van der Waals surface area contributed by atoms with Gasteiger partial charge in [0.1, 0.15) is 23.5 Å². The monoisotopic (exact) mass is 527 g/mol. The third-order valence-corrected chi connectivity index (χ3v) is 6.75. The molecule has 0 unspecified atom stereocenters. The van der Waals surface area contributed by atoms with E-state index in [-0.39, 0.29) is 24.7 Å². The van der Waals surface area contributed by atoms with Crippen molar-refractivity contribution in [2.75, 3.05) is 30.9 Å². The zero-order valence-electron chi connectivity index (χ0n) is 18.7. The van der Waals surface area contributed by atoms with Gasteiger partial charge in [-0.1, -0.05) is 0 Å². The summed E-state index contributed by atoms with van der Waals surface area (Å²) in [6.45, 7) is 3.77. The summed E-state index contributed by atoms with van der Waals surface area (Å²) in [4.78, 5) is 33.5. The predicted octanol–water partition coefficient (Wildman–Crippen LogP) is 4.74. The number of carbonyl (C=O) groups excluding carboxylic acids is 2. The van der Waals surface area contributed by atoms with Crippen molar-refractivity contribution < 1.29 is 27.5 Å². The van der Waals surface area contributed by atoms with Gasteiger partial charge in [0.25, 0.3) is 5.91 Å². The van der Waals surface area contributed by atoms with E-state index in [9.17, 15) is 22.8 Å². The molecule has 0 spiro atoms. The smallest absolute Gasteiger partial charge is 0.420 e. The summed E-state index contributed by atoms with van der Waals surface area (Å²) in [5.41, 5.74) is -2.25. The number of thiophene rings is 1. The molecule has 0 aliphatic carbocycles. The topological polar surface area (TPSA) is 96.5 Å². The quantitative estimate of drug-likeness (QED) is 0.324. The Bertz CT molecular complexity index is 1280. The van der Waals surface area contributed by atoms with Crippen molar-refractivity contribution in [2.45, 2.75) is 25.6 Å². The molecule has 1 aliphatic heterocycles. The molecule has 8 nitrogen and oxygen atoms in total. The first kappa shape index (κ1) is 25.0. The third-order valence-electron chi connectivity index (χ3n) is 5.48. The zero-order valence-corrected chi connectivity index (χ0v) is 20.3. The minimum atomic E-state index is -4.66. The molecule has 2 N–H and O–H groups in total. The number of nitrogens with one attached hydrogen (secondary N) is 2. The summed E-state index contributed by atoms with van der Waals surface area (Å²) in [7, 11) is 0. The van der Waals surface area contributed by atoms with Gasteiger partial charge in [0.15, 0.2) is 0 Å². The molecule has 186 valence electrons. The molecule has 3 amide bonds. The molecule has 1 aliphatic rings. The van der Waals surface area contributed by atoms with E-state index in [0.29, 0.717) is 28.5 Å². The molecule has 1 fully saturated rings. The molecule has 3 heterocycles. The number of aromatic nitrogens is 2. The molecular weight excluding hydrogens is 507 g/mol. The van der Waals surface area contributed by atoms with Crippen LogP contribution in [0.3, 0.4) is 0 Å². The van der Waals surface area contributed by atoms with Gasteiger partial charge in [0, 0.05) is 24.0 Å². The van der Waals surface area contributed by atoms with Gasteiger partial charge in [-0.2, -0.15) is 13.2 Å².